The highest BCUT2D eigenvalue weighted by molar-refractivity contribution is 5.84. The van der Waals surface area contributed by atoms with Gasteiger partial charge in [0.1, 0.15) is 0 Å². The predicted octanol–water partition coefficient (Wildman–Crippen LogP) is 3.56. The number of amides is 1. The summed E-state index contributed by atoms with van der Waals surface area (Å²) in [5, 5.41) is 1.29. The third-order valence-electron chi connectivity index (χ3n) is 5.21. The maximum absolute atomic E-state index is 12.4. The Hall–Kier alpha value is -1.81. The lowest BCUT2D eigenvalue weighted by Crippen LogP contribution is -2.40. The molecule has 1 aromatic heterocycles. The molecule has 1 aliphatic heterocycles. The number of nitrogens with one attached hydrogen (secondary N) is 1. The van der Waals surface area contributed by atoms with E-state index in [-0.39, 0.29) is 0 Å². The summed E-state index contributed by atoms with van der Waals surface area (Å²) in [5.74, 6) is 0.955. The number of hydrogen-bond donors (Lipinski definition) is 1. The summed E-state index contributed by atoms with van der Waals surface area (Å²) in [4.78, 5) is 20.2. The number of piperidine rings is 1. The van der Waals surface area contributed by atoms with Gasteiger partial charge >= 0.3 is 0 Å². The van der Waals surface area contributed by atoms with Crippen LogP contribution in [0.15, 0.2) is 24.3 Å². The Bertz CT molecular complexity index is 706. The number of aromatic nitrogens is 1. The molecule has 0 aliphatic carbocycles. The molecule has 0 saturated carbocycles. The van der Waals surface area contributed by atoms with Crippen LogP contribution in [0, 0.1) is 12.8 Å². The topological polar surface area (TPSA) is 39.3 Å². The Kier molecular flexibility index (Phi) is 5.24. The van der Waals surface area contributed by atoms with Gasteiger partial charge in [0, 0.05) is 49.2 Å². The van der Waals surface area contributed by atoms with E-state index in [1.165, 1.54) is 28.6 Å². The van der Waals surface area contributed by atoms with Gasteiger partial charge in [-0.2, -0.15) is 0 Å². The van der Waals surface area contributed by atoms with Gasteiger partial charge in [0.2, 0.25) is 5.91 Å². The summed E-state index contributed by atoms with van der Waals surface area (Å²) in [5.41, 5.74) is 3.75. The molecule has 4 heteroatoms. The van der Waals surface area contributed by atoms with Crippen molar-refractivity contribution in [1.82, 2.24) is 14.8 Å². The molecule has 3 rings (SSSR count). The molecule has 1 atom stereocenters. The molecular weight excluding hydrogens is 298 g/mol. The van der Waals surface area contributed by atoms with Crippen molar-refractivity contribution in [2.24, 2.45) is 5.92 Å². The second-order valence-corrected chi connectivity index (χ2v) is 7.35. The van der Waals surface area contributed by atoms with E-state index in [4.69, 9.17) is 0 Å². The molecule has 1 aromatic carbocycles. The van der Waals surface area contributed by atoms with Crippen molar-refractivity contribution in [3.63, 3.8) is 0 Å². The SMILES string of the molecule is Cc1c(CN(C)CCC(=O)N2CCC[C@@H](C)C2)[nH]c2ccccc12. The first-order valence-electron chi connectivity index (χ1n) is 9.07. The van der Waals surface area contributed by atoms with Crippen LogP contribution in [0.3, 0.4) is 0 Å². The number of rotatable bonds is 5. The summed E-state index contributed by atoms with van der Waals surface area (Å²) in [6.45, 7) is 7.94. The minimum Gasteiger partial charge on any atom is -0.357 e. The molecule has 0 spiro atoms. The number of carbonyl (C=O) groups is 1. The first kappa shape index (κ1) is 17.0. The Morgan fingerprint density at radius 1 is 1.38 bits per heavy atom. The molecule has 1 aliphatic rings. The smallest absolute Gasteiger partial charge is 0.223 e. The van der Waals surface area contributed by atoms with E-state index in [1.807, 2.05) is 0 Å². The van der Waals surface area contributed by atoms with Crippen LogP contribution in [0.25, 0.3) is 10.9 Å². The molecule has 0 unspecified atom stereocenters. The number of nitrogens with zero attached hydrogens (tertiary/aromatic N) is 2. The van der Waals surface area contributed by atoms with E-state index in [0.717, 1.165) is 32.6 Å². The van der Waals surface area contributed by atoms with Crippen molar-refractivity contribution in [2.45, 2.75) is 39.7 Å². The minimum atomic E-state index is 0.307. The average Bonchev–Trinajstić information content (AvgIpc) is 2.89. The molecule has 130 valence electrons. The largest absolute Gasteiger partial charge is 0.357 e. The van der Waals surface area contributed by atoms with Crippen LogP contribution >= 0.6 is 0 Å². The van der Waals surface area contributed by atoms with Gasteiger partial charge in [-0.15, -0.1) is 0 Å². The van der Waals surface area contributed by atoms with Gasteiger partial charge in [-0.05, 0) is 44.4 Å². The van der Waals surface area contributed by atoms with Crippen LogP contribution in [-0.4, -0.2) is 47.4 Å². The van der Waals surface area contributed by atoms with Crippen molar-refractivity contribution in [3.05, 3.63) is 35.5 Å². The molecule has 1 N–H and O–H groups in total. The van der Waals surface area contributed by atoms with Crippen LogP contribution < -0.4 is 0 Å². The number of hydrogen-bond acceptors (Lipinski definition) is 2. The molecule has 2 aromatic rings. The molecular formula is C20H29N3O. The van der Waals surface area contributed by atoms with Crippen LogP contribution in [-0.2, 0) is 11.3 Å². The van der Waals surface area contributed by atoms with E-state index in [9.17, 15) is 4.79 Å². The Balaban J connectivity index is 1.54. The summed E-state index contributed by atoms with van der Waals surface area (Å²) in [7, 11) is 2.09. The predicted molar refractivity (Wildman–Crippen MR) is 99.0 cm³/mol. The summed E-state index contributed by atoms with van der Waals surface area (Å²) < 4.78 is 0. The highest BCUT2D eigenvalue weighted by Crippen LogP contribution is 2.22. The Morgan fingerprint density at radius 2 is 2.17 bits per heavy atom. The standard InChI is InChI=1S/C20H29N3O/c1-15-7-6-11-23(13-15)20(24)10-12-22(3)14-19-16(2)17-8-4-5-9-18(17)21-19/h4-5,8-9,15,21H,6-7,10-14H2,1-3H3/t15-/m1/s1. The van der Waals surface area contributed by atoms with Gasteiger partial charge in [-0.3, -0.25) is 4.79 Å². The summed E-state index contributed by atoms with van der Waals surface area (Å²) >= 11 is 0. The molecule has 1 fully saturated rings. The van der Waals surface area contributed by atoms with Crippen molar-refractivity contribution < 1.29 is 4.79 Å². The number of likely N-dealkylation sites (tertiary alicyclic amines) is 1. The molecule has 1 saturated heterocycles. The van der Waals surface area contributed by atoms with Crippen LogP contribution in [0.1, 0.15) is 37.4 Å². The second kappa shape index (κ2) is 7.39. The summed E-state index contributed by atoms with van der Waals surface area (Å²) in [6, 6.07) is 8.41. The third kappa shape index (κ3) is 3.81. The normalized spacial score (nSPS) is 18.5. The quantitative estimate of drug-likeness (QED) is 0.912. The maximum Gasteiger partial charge on any atom is 0.223 e. The lowest BCUT2D eigenvalue weighted by Gasteiger charge is -2.31. The van der Waals surface area contributed by atoms with E-state index < -0.39 is 0 Å². The van der Waals surface area contributed by atoms with E-state index in [2.05, 4.69) is 59.9 Å². The lowest BCUT2D eigenvalue weighted by molar-refractivity contribution is -0.133. The number of fused-ring (bicyclic) bond motifs is 1. The average molecular weight is 327 g/mol. The number of carbonyl (C=O) groups excluding carboxylic acids is 1. The molecule has 2 heterocycles. The van der Waals surface area contributed by atoms with Crippen molar-refractivity contribution in [3.8, 4) is 0 Å². The number of benzene rings is 1. The molecule has 4 nitrogen and oxygen atoms in total. The molecule has 1 amide bonds. The third-order valence-corrected chi connectivity index (χ3v) is 5.21. The first-order chi connectivity index (χ1) is 11.5. The van der Waals surface area contributed by atoms with Gasteiger partial charge in [0.05, 0.1) is 0 Å². The fraction of sp³-hybridized carbons (Fsp3) is 0.550. The first-order valence-corrected chi connectivity index (χ1v) is 9.07. The van der Waals surface area contributed by atoms with Gasteiger partial charge in [-0.25, -0.2) is 0 Å². The number of para-hydroxylation sites is 1. The zero-order valence-corrected chi connectivity index (χ0v) is 15.1. The number of aryl methyl sites for hydroxylation is 1. The Labute approximate surface area is 144 Å². The highest BCUT2D eigenvalue weighted by Gasteiger charge is 2.21. The molecule has 24 heavy (non-hydrogen) atoms. The summed E-state index contributed by atoms with van der Waals surface area (Å²) in [6.07, 6.45) is 3.02. The van der Waals surface area contributed by atoms with Gasteiger partial charge in [-0.1, -0.05) is 25.1 Å². The van der Waals surface area contributed by atoms with Crippen molar-refractivity contribution >= 4 is 16.8 Å². The molecule has 0 radical (unpaired) electrons. The number of H-pyrrole nitrogens is 1. The zero-order chi connectivity index (χ0) is 17.1. The van der Waals surface area contributed by atoms with Gasteiger partial charge in [0.25, 0.3) is 0 Å². The van der Waals surface area contributed by atoms with Gasteiger partial charge in [0.15, 0.2) is 0 Å². The lowest BCUT2D eigenvalue weighted by atomic mass is 10.00. The molecule has 0 bridgehead atoms. The van der Waals surface area contributed by atoms with Crippen LogP contribution in [0.2, 0.25) is 0 Å². The number of aromatic amines is 1. The van der Waals surface area contributed by atoms with E-state index >= 15 is 0 Å². The maximum atomic E-state index is 12.4. The fourth-order valence-corrected chi connectivity index (χ4v) is 3.71. The fourth-order valence-electron chi connectivity index (χ4n) is 3.71. The van der Waals surface area contributed by atoms with E-state index in [1.54, 1.807) is 0 Å². The van der Waals surface area contributed by atoms with Crippen LogP contribution in [0.4, 0.5) is 0 Å². The van der Waals surface area contributed by atoms with E-state index in [0.29, 0.717) is 18.2 Å². The monoisotopic (exact) mass is 327 g/mol. The highest BCUT2D eigenvalue weighted by atomic mass is 16.2. The second-order valence-electron chi connectivity index (χ2n) is 7.35. The zero-order valence-electron chi connectivity index (χ0n) is 15.1. The Morgan fingerprint density at radius 3 is 2.92 bits per heavy atom. The van der Waals surface area contributed by atoms with Crippen molar-refractivity contribution in [2.75, 3.05) is 26.7 Å². The van der Waals surface area contributed by atoms with Gasteiger partial charge < -0.3 is 14.8 Å². The van der Waals surface area contributed by atoms with Crippen LogP contribution in [0.5, 0.6) is 0 Å². The van der Waals surface area contributed by atoms with Crippen molar-refractivity contribution in [1.29, 1.82) is 0 Å². The minimum absolute atomic E-state index is 0.307.